The summed E-state index contributed by atoms with van der Waals surface area (Å²) in [5.74, 6) is 2.22. The molecule has 2 N–H and O–H groups in total. The zero-order valence-electron chi connectivity index (χ0n) is 17.2. The first-order valence-corrected chi connectivity index (χ1v) is 9.48. The fourth-order valence-corrected chi connectivity index (χ4v) is 2.80. The van der Waals surface area contributed by atoms with Crippen LogP contribution >= 0.6 is 24.0 Å². The fourth-order valence-electron chi connectivity index (χ4n) is 2.80. The number of nitrogens with one attached hydrogen (secondary N) is 2. The van der Waals surface area contributed by atoms with Crippen LogP contribution in [0.5, 0.6) is 5.75 Å². The third-order valence-electron chi connectivity index (χ3n) is 4.38. The summed E-state index contributed by atoms with van der Waals surface area (Å²) in [4.78, 5) is 6.61. The highest BCUT2D eigenvalue weighted by Crippen LogP contribution is 2.18. The number of benzene rings is 1. The monoisotopic (exact) mass is 490 g/mol. The molecule has 2 rings (SSSR count). The van der Waals surface area contributed by atoms with Gasteiger partial charge in [0.15, 0.2) is 5.96 Å². The molecule has 1 heterocycles. The van der Waals surface area contributed by atoms with Crippen molar-refractivity contribution in [1.29, 1.82) is 0 Å². The first kappa shape index (κ1) is 24.0. The van der Waals surface area contributed by atoms with E-state index in [-0.39, 0.29) is 36.1 Å². The Kier molecular flexibility index (Phi) is 11.0. The van der Waals surface area contributed by atoms with Gasteiger partial charge in [-0.1, -0.05) is 26.0 Å². The van der Waals surface area contributed by atoms with Crippen molar-refractivity contribution in [3.05, 3.63) is 29.8 Å². The van der Waals surface area contributed by atoms with Gasteiger partial charge in [-0.05, 0) is 37.6 Å². The maximum atomic E-state index is 5.78. The van der Waals surface area contributed by atoms with Gasteiger partial charge in [0.2, 0.25) is 0 Å². The number of likely N-dealkylation sites (N-methyl/N-ethyl adjacent to an activating group) is 1. The minimum atomic E-state index is 0. The van der Waals surface area contributed by atoms with E-state index >= 15 is 0 Å². The van der Waals surface area contributed by atoms with Crippen molar-refractivity contribution in [3.8, 4) is 5.75 Å². The summed E-state index contributed by atoms with van der Waals surface area (Å²) >= 11 is 0. The molecule has 1 aromatic carbocycles. The topological polar surface area (TPSA) is 58.1 Å². The summed E-state index contributed by atoms with van der Waals surface area (Å²) < 4.78 is 11.5. The number of halogens is 1. The van der Waals surface area contributed by atoms with Gasteiger partial charge in [-0.2, -0.15) is 0 Å². The predicted molar refractivity (Wildman–Crippen MR) is 122 cm³/mol. The van der Waals surface area contributed by atoms with Gasteiger partial charge in [-0.15, -0.1) is 24.0 Å². The van der Waals surface area contributed by atoms with Crippen LogP contribution in [0.15, 0.2) is 29.3 Å². The molecule has 0 aromatic heterocycles. The maximum Gasteiger partial charge on any atom is 0.191 e. The summed E-state index contributed by atoms with van der Waals surface area (Å²) in [6.45, 7) is 10.6. The van der Waals surface area contributed by atoms with Crippen molar-refractivity contribution in [2.75, 3.05) is 46.9 Å². The van der Waals surface area contributed by atoms with Crippen molar-refractivity contribution in [1.82, 2.24) is 15.5 Å². The molecule has 0 amide bonds. The number of rotatable bonds is 7. The van der Waals surface area contributed by atoms with E-state index in [0.29, 0.717) is 5.92 Å². The zero-order chi connectivity index (χ0) is 18.9. The number of hydrogen-bond acceptors (Lipinski definition) is 4. The molecule has 0 spiro atoms. The van der Waals surface area contributed by atoms with E-state index in [1.54, 1.807) is 7.05 Å². The van der Waals surface area contributed by atoms with Crippen molar-refractivity contribution in [2.45, 2.75) is 32.9 Å². The van der Waals surface area contributed by atoms with Crippen LogP contribution in [0.2, 0.25) is 0 Å². The Morgan fingerprint density at radius 3 is 2.59 bits per heavy atom. The molecule has 0 bridgehead atoms. The van der Waals surface area contributed by atoms with Crippen molar-refractivity contribution in [2.24, 2.45) is 10.9 Å². The van der Waals surface area contributed by atoms with Gasteiger partial charge in [-0.3, -0.25) is 4.99 Å². The van der Waals surface area contributed by atoms with Gasteiger partial charge in [0.25, 0.3) is 0 Å². The molecule has 1 aliphatic heterocycles. The molecule has 1 saturated heterocycles. The van der Waals surface area contributed by atoms with E-state index in [1.807, 2.05) is 12.1 Å². The molecule has 1 aromatic rings. The molecule has 1 fully saturated rings. The highest BCUT2D eigenvalue weighted by atomic mass is 127. The molecule has 1 aliphatic rings. The third kappa shape index (κ3) is 8.66. The molecule has 7 heteroatoms. The summed E-state index contributed by atoms with van der Waals surface area (Å²) in [6, 6.07) is 8.39. The molecule has 0 radical (unpaired) electrons. The number of hydrogen-bond donors (Lipinski definition) is 2. The Bertz CT molecular complexity index is 566. The van der Waals surface area contributed by atoms with Crippen LogP contribution in [0.1, 0.15) is 32.4 Å². The van der Waals surface area contributed by atoms with Crippen LogP contribution in [0, 0.1) is 5.92 Å². The summed E-state index contributed by atoms with van der Waals surface area (Å²) in [5, 5.41) is 6.80. The number of nitrogens with zero attached hydrogens (tertiary/aromatic N) is 2. The SMILES string of the molecule is CN=C(NCC1CN(C)CCO1)NC(C)c1ccc(OCC(C)C)cc1.I. The highest BCUT2D eigenvalue weighted by Gasteiger charge is 2.18. The van der Waals surface area contributed by atoms with Crippen LogP contribution in [-0.4, -0.2) is 63.9 Å². The van der Waals surface area contributed by atoms with Gasteiger partial charge in [0.1, 0.15) is 5.75 Å². The standard InChI is InChI=1S/C20H34N4O2.HI/c1-15(2)14-26-18-8-6-17(7-9-18)16(3)23-20(21-4)22-12-19-13-24(5)10-11-25-19;/h6-9,15-16,19H,10-14H2,1-5H3,(H2,21,22,23);1H. The van der Waals surface area contributed by atoms with E-state index in [0.717, 1.165) is 44.6 Å². The predicted octanol–water partition coefficient (Wildman–Crippen LogP) is 2.90. The number of morpholine rings is 1. The molecule has 2 unspecified atom stereocenters. The molecule has 0 saturated carbocycles. The largest absolute Gasteiger partial charge is 0.493 e. The Balaban J connectivity index is 0.00000364. The Labute approximate surface area is 181 Å². The fraction of sp³-hybridized carbons (Fsp3) is 0.650. The Morgan fingerprint density at radius 1 is 1.30 bits per heavy atom. The van der Waals surface area contributed by atoms with Crippen LogP contribution in [0.4, 0.5) is 0 Å². The molecular weight excluding hydrogens is 455 g/mol. The quantitative estimate of drug-likeness (QED) is 0.350. The minimum Gasteiger partial charge on any atom is -0.493 e. The number of guanidine groups is 1. The van der Waals surface area contributed by atoms with Crippen LogP contribution in [-0.2, 0) is 4.74 Å². The van der Waals surface area contributed by atoms with E-state index in [4.69, 9.17) is 9.47 Å². The lowest BCUT2D eigenvalue weighted by Crippen LogP contribution is -2.48. The smallest absolute Gasteiger partial charge is 0.191 e. The molecule has 0 aliphatic carbocycles. The molecule has 27 heavy (non-hydrogen) atoms. The van der Waals surface area contributed by atoms with Crippen molar-refractivity contribution < 1.29 is 9.47 Å². The first-order chi connectivity index (χ1) is 12.5. The summed E-state index contributed by atoms with van der Waals surface area (Å²) in [7, 11) is 3.91. The first-order valence-electron chi connectivity index (χ1n) is 9.48. The van der Waals surface area contributed by atoms with E-state index in [1.165, 1.54) is 5.56 Å². The van der Waals surface area contributed by atoms with Gasteiger partial charge in [0, 0.05) is 26.7 Å². The second-order valence-corrected chi connectivity index (χ2v) is 7.35. The Morgan fingerprint density at radius 2 is 2.00 bits per heavy atom. The molecule has 2 atom stereocenters. The normalized spacial score (nSPS) is 19.3. The Hall–Kier alpha value is -1.06. The van der Waals surface area contributed by atoms with Crippen molar-refractivity contribution in [3.63, 3.8) is 0 Å². The van der Waals surface area contributed by atoms with Gasteiger partial charge < -0.3 is 25.0 Å². The molecular formula is C20H35IN4O2. The number of aliphatic imine (C=N–C) groups is 1. The zero-order valence-corrected chi connectivity index (χ0v) is 19.5. The minimum absolute atomic E-state index is 0. The summed E-state index contributed by atoms with van der Waals surface area (Å²) in [6.07, 6.45) is 0.194. The highest BCUT2D eigenvalue weighted by molar-refractivity contribution is 14.0. The van der Waals surface area contributed by atoms with Crippen LogP contribution in [0.25, 0.3) is 0 Å². The molecule has 6 nitrogen and oxygen atoms in total. The average molecular weight is 490 g/mol. The van der Waals surface area contributed by atoms with Gasteiger partial charge in [-0.25, -0.2) is 0 Å². The van der Waals surface area contributed by atoms with Crippen molar-refractivity contribution >= 4 is 29.9 Å². The third-order valence-corrected chi connectivity index (χ3v) is 4.38. The van der Waals surface area contributed by atoms with E-state index < -0.39 is 0 Å². The van der Waals surface area contributed by atoms with Gasteiger partial charge in [0.05, 0.1) is 25.4 Å². The second-order valence-electron chi connectivity index (χ2n) is 7.35. The van der Waals surface area contributed by atoms with E-state index in [2.05, 4.69) is 60.5 Å². The number of ether oxygens (including phenoxy) is 2. The lowest BCUT2D eigenvalue weighted by atomic mass is 10.1. The maximum absolute atomic E-state index is 5.78. The molecule has 154 valence electrons. The van der Waals surface area contributed by atoms with Gasteiger partial charge >= 0.3 is 0 Å². The van der Waals surface area contributed by atoms with Crippen LogP contribution < -0.4 is 15.4 Å². The lowest BCUT2D eigenvalue weighted by molar-refractivity contribution is -0.0161. The average Bonchev–Trinajstić information content (AvgIpc) is 2.63. The van der Waals surface area contributed by atoms with Crippen LogP contribution in [0.3, 0.4) is 0 Å². The second kappa shape index (κ2) is 12.4. The lowest BCUT2D eigenvalue weighted by Gasteiger charge is -2.30. The summed E-state index contributed by atoms with van der Waals surface area (Å²) in [5.41, 5.74) is 1.19. The van der Waals surface area contributed by atoms with E-state index in [9.17, 15) is 0 Å².